The molecule has 1 aromatic carbocycles. The van der Waals surface area contributed by atoms with Crippen molar-refractivity contribution in [1.29, 1.82) is 0 Å². The van der Waals surface area contributed by atoms with Gasteiger partial charge in [0.25, 0.3) is 0 Å². The Hall–Kier alpha value is -1.06. The second-order valence-corrected chi connectivity index (χ2v) is 6.23. The average molecular weight is 290 g/mol. The zero-order valence-corrected chi connectivity index (χ0v) is 13.8. The van der Waals surface area contributed by atoms with Gasteiger partial charge >= 0.3 is 0 Å². The summed E-state index contributed by atoms with van der Waals surface area (Å²) >= 11 is 0. The summed E-state index contributed by atoms with van der Waals surface area (Å²) in [7, 11) is 2.22. The van der Waals surface area contributed by atoms with Gasteiger partial charge in [-0.25, -0.2) is 0 Å². The summed E-state index contributed by atoms with van der Waals surface area (Å²) in [5.41, 5.74) is 4.12. The van der Waals surface area contributed by atoms with Crippen LogP contribution in [0.4, 0.5) is 5.69 Å². The summed E-state index contributed by atoms with van der Waals surface area (Å²) < 4.78 is 5.45. The Balaban J connectivity index is 1.92. The largest absolute Gasteiger partial charge is 0.381 e. The number of ether oxygens (including phenoxy) is 1. The molecule has 0 bridgehead atoms. The van der Waals surface area contributed by atoms with Gasteiger partial charge in [-0.3, -0.25) is 0 Å². The van der Waals surface area contributed by atoms with Gasteiger partial charge in [0.2, 0.25) is 0 Å². The first-order chi connectivity index (χ1) is 10.2. The molecule has 0 amide bonds. The van der Waals surface area contributed by atoms with Gasteiger partial charge in [-0.15, -0.1) is 0 Å². The van der Waals surface area contributed by atoms with Crippen molar-refractivity contribution >= 4 is 5.69 Å². The first kappa shape index (κ1) is 16.3. The lowest BCUT2D eigenvalue weighted by Gasteiger charge is -2.29. The van der Waals surface area contributed by atoms with Crippen molar-refractivity contribution in [2.75, 3.05) is 38.3 Å². The lowest BCUT2D eigenvalue weighted by atomic mass is 9.99. The molecule has 1 fully saturated rings. The topological polar surface area (TPSA) is 24.5 Å². The molecule has 1 aromatic rings. The van der Waals surface area contributed by atoms with Gasteiger partial charge in [-0.05, 0) is 55.8 Å². The summed E-state index contributed by atoms with van der Waals surface area (Å²) in [6.07, 6.45) is 3.58. The van der Waals surface area contributed by atoms with E-state index in [2.05, 4.69) is 49.3 Å². The van der Waals surface area contributed by atoms with Crippen LogP contribution in [0.15, 0.2) is 18.2 Å². The van der Waals surface area contributed by atoms with E-state index in [1.807, 2.05) is 0 Å². The fraction of sp³-hybridized carbons (Fsp3) is 0.667. The first-order valence-electron chi connectivity index (χ1n) is 8.29. The number of nitrogens with one attached hydrogen (secondary N) is 1. The highest BCUT2D eigenvalue weighted by molar-refractivity contribution is 5.54. The Morgan fingerprint density at radius 2 is 2.05 bits per heavy atom. The normalized spacial score (nSPS) is 16.1. The maximum atomic E-state index is 5.45. The molecule has 1 saturated heterocycles. The lowest BCUT2D eigenvalue weighted by Crippen LogP contribution is -2.30. The second-order valence-electron chi connectivity index (χ2n) is 6.23. The summed E-state index contributed by atoms with van der Waals surface area (Å²) in [5.74, 6) is 0.772. The summed E-state index contributed by atoms with van der Waals surface area (Å²) in [6, 6.07) is 6.85. The van der Waals surface area contributed by atoms with Crippen molar-refractivity contribution in [1.82, 2.24) is 5.32 Å². The number of benzene rings is 1. The monoisotopic (exact) mass is 290 g/mol. The van der Waals surface area contributed by atoms with Gasteiger partial charge < -0.3 is 15.0 Å². The molecule has 118 valence electrons. The summed E-state index contributed by atoms with van der Waals surface area (Å²) in [5, 5.41) is 3.47. The fourth-order valence-corrected chi connectivity index (χ4v) is 3.08. The number of anilines is 1. The summed E-state index contributed by atoms with van der Waals surface area (Å²) in [6.45, 7) is 9.48. The van der Waals surface area contributed by atoms with Crippen molar-refractivity contribution in [3.05, 3.63) is 29.3 Å². The highest BCUT2D eigenvalue weighted by Crippen LogP contribution is 2.23. The van der Waals surface area contributed by atoms with Crippen LogP contribution in [0.1, 0.15) is 37.3 Å². The molecule has 3 nitrogen and oxygen atoms in total. The molecule has 1 N–H and O–H groups in total. The van der Waals surface area contributed by atoms with Crippen LogP contribution in [0, 0.1) is 12.8 Å². The third-order valence-electron chi connectivity index (χ3n) is 4.30. The Morgan fingerprint density at radius 3 is 2.71 bits per heavy atom. The average Bonchev–Trinajstić information content (AvgIpc) is 2.48. The number of hydrogen-bond donors (Lipinski definition) is 1. The van der Waals surface area contributed by atoms with Crippen molar-refractivity contribution in [2.24, 2.45) is 5.92 Å². The third-order valence-corrected chi connectivity index (χ3v) is 4.30. The number of hydrogen-bond acceptors (Lipinski definition) is 3. The quantitative estimate of drug-likeness (QED) is 0.779. The Bertz CT molecular complexity index is 427. The molecular formula is C18H30N2O. The Labute approximate surface area is 129 Å². The van der Waals surface area contributed by atoms with Gasteiger partial charge in [0.1, 0.15) is 0 Å². The van der Waals surface area contributed by atoms with Crippen LogP contribution in [-0.2, 0) is 11.3 Å². The molecule has 21 heavy (non-hydrogen) atoms. The molecule has 0 saturated carbocycles. The van der Waals surface area contributed by atoms with E-state index in [0.717, 1.165) is 38.8 Å². The molecule has 3 heteroatoms. The van der Waals surface area contributed by atoms with E-state index >= 15 is 0 Å². The van der Waals surface area contributed by atoms with E-state index in [1.54, 1.807) is 0 Å². The molecule has 0 spiro atoms. The Morgan fingerprint density at radius 1 is 1.29 bits per heavy atom. The SMILES string of the molecule is CCCNCc1ccc(N(C)CC2CCOCC2)c(C)c1. The van der Waals surface area contributed by atoms with E-state index < -0.39 is 0 Å². The number of aryl methyl sites for hydroxylation is 1. The molecule has 1 aliphatic heterocycles. The molecule has 0 unspecified atom stereocenters. The van der Waals surface area contributed by atoms with Gasteiger partial charge in [0.15, 0.2) is 0 Å². The predicted octanol–water partition coefficient (Wildman–Crippen LogP) is 3.36. The van der Waals surface area contributed by atoms with Crippen LogP contribution < -0.4 is 10.2 Å². The van der Waals surface area contributed by atoms with E-state index in [4.69, 9.17) is 4.74 Å². The van der Waals surface area contributed by atoms with Crippen LogP contribution in [0.25, 0.3) is 0 Å². The van der Waals surface area contributed by atoms with Crippen molar-refractivity contribution in [2.45, 2.75) is 39.7 Å². The molecule has 1 aliphatic rings. The smallest absolute Gasteiger partial charge is 0.0469 e. The van der Waals surface area contributed by atoms with E-state index in [9.17, 15) is 0 Å². The van der Waals surface area contributed by atoms with Crippen molar-refractivity contribution < 1.29 is 4.74 Å². The Kier molecular flexibility index (Phi) is 6.52. The number of nitrogens with zero attached hydrogens (tertiary/aromatic N) is 1. The van der Waals surface area contributed by atoms with Crippen molar-refractivity contribution in [3.8, 4) is 0 Å². The van der Waals surface area contributed by atoms with Gasteiger partial charge in [-0.1, -0.05) is 19.1 Å². The maximum Gasteiger partial charge on any atom is 0.0469 e. The van der Waals surface area contributed by atoms with Crippen molar-refractivity contribution in [3.63, 3.8) is 0 Å². The molecule has 1 heterocycles. The third kappa shape index (κ3) is 5.01. The van der Waals surface area contributed by atoms with Gasteiger partial charge in [0.05, 0.1) is 0 Å². The second kappa shape index (κ2) is 8.40. The van der Waals surface area contributed by atoms with E-state index in [-0.39, 0.29) is 0 Å². The van der Waals surface area contributed by atoms with Crippen LogP contribution in [0.3, 0.4) is 0 Å². The maximum absolute atomic E-state index is 5.45. The van der Waals surface area contributed by atoms with Gasteiger partial charge in [-0.2, -0.15) is 0 Å². The highest BCUT2D eigenvalue weighted by Gasteiger charge is 2.16. The number of rotatable bonds is 7. The zero-order chi connectivity index (χ0) is 15.1. The minimum absolute atomic E-state index is 0.772. The first-order valence-corrected chi connectivity index (χ1v) is 8.29. The van der Waals surface area contributed by atoms with E-state index in [0.29, 0.717) is 0 Å². The van der Waals surface area contributed by atoms with Crippen LogP contribution in [0.2, 0.25) is 0 Å². The minimum atomic E-state index is 0.772. The lowest BCUT2D eigenvalue weighted by molar-refractivity contribution is 0.0685. The van der Waals surface area contributed by atoms with Gasteiger partial charge in [0, 0.05) is 39.0 Å². The predicted molar refractivity (Wildman–Crippen MR) is 90.0 cm³/mol. The zero-order valence-electron chi connectivity index (χ0n) is 13.8. The molecular weight excluding hydrogens is 260 g/mol. The van der Waals surface area contributed by atoms with E-state index in [1.165, 1.54) is 36.1 Å². The van der Waals surface area contributed by atoms with Crippen LogP contribution in [-0.4, -0.2) is 33.4 Å². The van der Waals surface area contributed by atoms with Crippen LogP contribution in [0.5, 0.6) is 0 Å². The highest BCUT2D eigenvalue weighted by atomic mass is 16.5. The molecule has 0 radical (unpaired) electrons. The summed E-state index contributed by atoms with van der Waals surface area (Å²) in [4.78, 5) is 2.41. The minimum Gasteiger partial charge on any atom is -0.381 e. The standard InChI is InChI=1S/C18H30N2O/c1-4-9-19-13-17-5-6-18(15(2)12-17)20(3)14-16-7-10-21-11-8-16/h5-6,12,16,19H,4,7-11,13-14H2,1-3H3. The molecule has 2 rings (SSSR count). The molecule has 0 atom stereocenters. The molecule has 0 aromatic heterocycles. The fourth-order valence-electron chi connectivity index (χ4n) is 3.08. The van der Waals surface area contributed by atoms with Crippen LogP contribution >= 0.6 is 0 Å². The molecule has 0 aliphatic carbocycles.